The minimum absolute atomic E-state index is 0.114. The van der Waals surface area contributed by atoms with Crippen LogP contribution in [0.5, 0.6) is 0 Å². The van der Waals surface area contributed by atoms with Crippen molar-refractivity contribution in [2.45, 2.75) is 6.04 Å². The molecule has 0 saturated carbocycles. The second kappa shape index (κ2) is 12.5. The predicted octanol–water partition coefficient (Wildman–Crippen LogP) is 0.433. The first-order valence-corrected chi connectivity index (χ1v) is 10.0. The highest BCUT2D eigenvalue weighted by Crippen LogP contribution is 2.22. The molecule has 6 N–H and O–H groups in total. The third-order valence-electron chi connectivity index (χ3n) is 4.71. The van der Waals surface area contributed by atoms with E-state index in [1.807, 2.05) is 36.2 Å². The van der Waals surface area contributed by atoms with Crippen molar-refractivity contribution in [2.24, 2.45) is 5.73 Å². The zero-order chi connectivity index (χ0) is 23.5. The number of hydroxylamine groups is 1. The average molecular weight is 444 g/mol. The van der Waals surface area contributed by atoms with Gasteiger partial charge in [-0.25, -0.2) is 5.48 Å². The average Bonchev–Trinajstić information content (AvgIpc) is 2.81. The predicted molar refractivity (Wildman–Crippen MR) is 120 cm³/mol. The third-order valence-corrected chi connectivity index (χ3v) is 4.71. The maximum atomic E-state index is 12.3. The number of benzene rings is 2. The SMILES string of the molecule is COCCN(C)CC(=O)Nc1ccc(-c2ccc(C(=O)N[C@@H](CN)C(=O)NO)cc2)cc1. The van der Waals surface area contributed by atoms with Gasteiger partial charge in [-0.1, -0.05) is 24.3 Å². The fourth-order valence-corrected chi connectivity index (χ4v) is 2.88. The number of ether oxygens (including phenoxy) is 1. The van der Waals surface area contributed by atoms with Crippen LogP contribution in [-0.4, -0.2) is 74.3 Å². The molecule has 0 spiro atoms. The van der Waals surface area contributed by atoms with Crippen LogP contribution in [0.15, 0.2) is 48.5 Å². The van der Waals surface area contributed by atoms with E-state index in [1.165, 1.54) is 5.48 Å². The number of hydrogen-bond acceptors (Lipinski definition) is 7. The van der Waals surface area contributed by atoms with Gasteiger partial charge in [0.1, 0.15) is 6.04 Å². The van der Waals surface area contributed by atoms with E-state index >= 15 is 0 Å². The number of amides is 3. The summed E-state index contributed by atoms with van der Waals surface area (Å²) in [4.78, 5) is 37.7. The fourth-order valence-electron chi connectivity index (χ4n) is 2.88. The lowest BCUT2D eigenvalue weighted by Crippen LogP contribution is -2.50. The van der Waals surface area contributed by atoms with Gasteiger partial charge in [0.25, 0.3) is 11.8 Å². The van der Waals surface area contributed by atoms with Gasteiger partial charge in [-0.2, -0.15) is 0 Å². The molecule has 0 fully saturated rings. The zero-order valence-electron chi connectivity index (χ0n) is 18.1. The molecule has 32 heavy (non-hydrogen) atoms. The standard InChI is InChI=1S/C22H29N5O5/c1-27(11-12-32-2)14-20(28)24-18-9-7-16(8-10-18)15-3-5-17(6-4-15)21(29)25-19(13-23)22(30)26-31/h3-10,19,31H,11-14,23H2,1-2H3,(H,24,28)(H,25,29)(H,26,30)/t19-/m0/s1. The Morgan fingerprint density at radius 1 is 1.06 bits per heavy atom. The number of carbonyl (C=O) groups is 3. The first kappa shape index (κ1) is 25.0. The second-order valence-corrected chi connectivity index (χ2v) is 7.17. The van der Waals surface area contributed by atoms with E-state index < -0.39 is 17.9 Å². The molecule has 0 unspecified atom stereocenters. The highest BCUT2D eigenvalue weighted by molar-refractivity contribution is 5.98. The number of nitrogens with zero attached hydrogens (tertiary/aromatic N) is 1. The summed E-state index contributed by atoms with van der Waals surface area (Å²) in [6.45, 7) is 1.34. The van der Waals surface area contributed by atoms with Crippen molar-refractivity contribution in [1.82, 2.24) is 15.7 Å². The van der Waals surface area contributed by atoms with Crippen LogP contribution in [0.4, 0.5) is 5.69 Å². The maximum Gasteiger partial charge on any atom is 0.267 e. The monoisotopic (exact) mass is 443 g/mol. The minimum atomic E-state index is -1.03. The van der Waals surface area contributed by atoms with Crippen LogP contribution in [0.25, 0.3) is 11.1 Å². The molecule has 2 aromatic rings. The quantitative estimate of drug-likeness (QED) is 0.250. The van der Waals surface area contributed by atoms with Gasteiger partial charge in [0.05, 0.1) is 13.2 Å². The number of carbonyl (C=O) groups excluding carboxylic acids is 3. The van der Waals surface area contributed by atoms with Gasteiger partial charge in [0, 0.05) is 31.5 Å². The number of anilines is 1. The molecule has 0 radical (unpaired) electrons. The molecular weight excluding hydrogens is 414 g/mol. The zero-order valence-corrected chi connectivity index (χ0v) is 18.1. The molecule has 10 nitrogen and oxygen atoms in total. The van der Waals surface area contributed by atoms with E-state index in [1.54, 1.807) is 31.4 Å². The minimum Gasteiger partial charge on any atom is -0.383 e. The smallest absolute Gasteiger partial charge is 0.267 e. The molecule has 3 amide bonds. The summed E-state index contributed by atoms with van der Waals surface area (Å²) in [5.41, 5.74) is 9.73. The first-order valence-electron chi connectivity index (χ1n) is 10.0. The van der Waals surface area contributed by atoms with Crippen molar-refractivity contribution in [3.8, 4) is 11.1 Å². The van der Waals surface area contributed by atoms with Crippen LogP contribution in [0.3, 0.4) is 0 Å². The molecule has 0 aromatic heterocycles. The van der Waals surface area contributed by atoms with Crippen molar-refractivity contribution in [1.29, 1.82) is 0 Å². The topological polar surface area (TPSA) is 146 Å². The van der Waals surface area contributed by atoms with Crippen LogP contribution in [0.2, 0.25) is 0 Å². The molecule has 0 heterocycles. The fraction of sp³-hybridized carbons (Fsp3) is 0.318. The molecule has 172 valence electrons. The first-order chi connectivity index (χ1) is 15.4. The van der Waals surface area contributed by atoms with Crippen molar-refractivity contribution in [2.75, 3.05) is 45.7 Å². The summed E-state index contributed by atoms with van der Waals surface area (Å²) in [5.74, 6) is -1.38. The Labute approximate surface area is 186 Å². The van der Waals surface area contributed by atoms with Crippen molar-refractivity contribution < 1.29 is 24.3 Å². The Morgan fingerprint density at radius 3 is 2.19 bits per heavy atom. The van der Waals surface area contributed by atoms with Gasteiger partial charge in [0.2, 0.25) is 5.91 Å². The molecule has 2 rings (SSSR count). The Hall–Kier alpha value is -3.31. The summed E-state index contributed by atoms with van der Waals surface area (Å²) < 4.78 is 5.00. The Balaban J connectivity index is 1.96. The molecule has 10 heteroatoms. The van der Waals surface area contributed by atoms with E-state index in [0.717, 1.165) is 11.1 Å². The van der Waals surface area contributed by atoms with Crippen molar-refractivity contribution in [3.63, 3.8) is 0 Å². The number of nitrogens with two attached hydrogens (primary N) is 1. The van der Waals surface area contributed by atoms with Crippen LogP contribution in [0.1, 0.15) is 10.4 Å². The second-order valence-electron chi connectivity index (χ2n) is 7.17. The summed E-state index contributed by atoms with van der Waals surface area (Å²) in [6, 6.07) is 13.1. The van der Waals surface area contributed by atoms with E-state index in [2.05, 4.69) is 10.6 Å². The highest BCUT2D eigenvalue weighted by atomic mass is 16.5. The van der Waals surface area contributed by atoms with Crippen LogP contribution >= 0.6 is 0 Å². The van der Waals surface area contributed by atoms with E-state index in [0.29, 0.717) is 24.4 Å². The number of nitrogens with one attached hydrogen (secondary N) is 3. The number of rotatable bonds is 11. The number of likely N-dealkylation sites (N-methyl/N-ethyl adjacent to an activating group) is 1. The molecule has 0 aliphatic rings. The van der Waals surface area contributed by atoms with Crippen LogP contribution in [-0.2, 0) is 14.3 Å². The highest BCUT2D eigenvalue weighted by Gasteiger charge is 2.19. The molecule has 2 aromatic carbocycles. The van der Waals surface area contributed by atoms with E-state index in [9.17, 15) is 14.4 Å². The van der Waals surface area contributed by atoms with Gasteiger partial charge in [0.15, 0.2) is 0 Å². The van der Waals surface area contributed by atoms with Crippen molar-refractivity contribution in [3.05, 3.63) is 54.1 Å². The van der Waals surface area contributed by atoms with Gasteiger partial charge in [-0.3, -0.25) is 24.5 Å². The van der Waals surface area contributed by atoms with Gasteiger partial charge < -0.3 is 21.1 Å². The molecule has 0 bridgehead atoms. The largest absolute Gasteiger partial charge is 0.383 e. The summed E-state index contributed by atoms with van der Waals surface area (Å²) >= 11 is 0. The Morgan fingerprint density at radius 2 is 1.66 bits per heavy atom. The summed E-state index contributed by atoms with van der Waals surface area (Å²) in [6.07, 6.45) is 0. The number of methoxy groups -OCH3 is 1. The Kier molecular flexibility index (Phi) is 9.76. The molecular formula is C22H29N5O5. The van der Waals surface area contributed by atoms with Crippen LogP contribution in [0, 0.1) is 0 Å². The lowest BCUT2D eigenvalue weighted by atomic mass is 10.0. The van der Waals surface area contributed by atoms with Crippen LogP contribution < -0.4 is 21.8 Å². The maximum absolute atomic E-state index is 12.3. The molecule has 0 aliphatic carbocycles. The Bertz CT molecular complexity index is 902. The molecule has 1 atom stereocenters. The summed E-state index contributed by atoms with van der Waals surface area (Å²) in [7, 11) is 3.47. The lowest BCUT2D eigenvalue weighted by molar-refractivity contribution is -0.130. The van der Waals surface area contributed by atoms with Gasteiger partial charge >= 0.3 is 0 Å². The van der Waals surface area contributed by atoms with E-state index in [4.69, 9.17) is 15.7 Å². The van der Waals surface area contributed by atoms with Gasteiger partial charge in [-0.15, -0.1) is 0 Å². The van der Waals surface area contributed by atoms with Gasteiger partial charge in [-0.05, 0) is 42.4 Å². The lowest BCUT2D eigenvalue weighted by Gasteiger charge is -2.15. The number of hydrogen-bond donors (Lipinski definition) is 5. The normalized spacial score (nSPS) is 11.7. The third kappa shape index (κ3) is 7.43. The van der Waals surface area contributed by atoms with E-state index in [-0.39, 0.29) is 19.0 Å². The molecule has 0 saturated heterocycles. The molecule has 0 aliphatic heterocycles. The van der Waals surface area contributed by atoms with Crippen molar-refractivity contribution >= 4 is 23.4 Å². The summed E-state index contributed by atoms with van der Waals surface area (Å²) in [5, 5.41) is 14.0.